The molecule has 5 heteroatoms. The number of hydrogen-bond acceptors (Lipinski definition) is 4. The van der Waals surface area contributed by atoms with Crippen molar-refractivity contribution in [1.29, 1.82) is 0 Å². The summed E-state index contributed by atoms with van der Waals surface area (Å²) in [5, 5.41) is 4.53. The molecule has 13 rings (SSSR count). The lowest BCUT2D eigenvalue weighted by Gasteiger charge is -2.19. The summed E-state index contributed by atoms with van der Waals surface area (Å²) in [5.41, 5.74) is 16.4. The molecule has 0 atom stereocenters. The van der Waals surface area contributed by atoms with Crippen molar-refractivity contribution in [2.75, 3.05) is 0 Å². The van der Waals surface area contributed by atoms with E-state index in [1.165, 1.54) is 10.8 Å². The van der Waals surface area contributed by atoms with Gasteiger partial charge in [0.25, 0.3) is 0 Å². The minimum atomic E-state index is 0.576. The van der Waals surface area contributed by atoms with E-state index in [0.29, 0.717) is 17.5 Å². The smallest absolute Gasteiger partial charge is 0.164 e. The molecule has 0 saturated heterocycles. The van der Waals surface area contributed by atoms with Crippen LogP contribution in [0.15, 0.2) is 247 Å². The third kappa shape index (κ3) is 6.68. The number of fused-ring (bicyclic) bond motifs is 7. The van der Waals surface area contributed by atoms with Crippen LogP contribution in [-0.4, -0.2) is 19.5 Å². The topological polar surface area (TPSA) is 56.7 Å². The highest BCUT2D eigenvalue weighted by Gasteiger charge is 2.23. The fraction of sp³-hybridized carbons (Fsp3) is 0. The van der Waals surface area contributed by atoms with E-state index in [1.54, 1.807) is 0 Å². The summed E-state index contributed by atoms with van der Waals surface area (Å²) in [5.74, 6) is 1.78. The summed E-state index contributed by atoms with van der Waals surface area (Å²) in [6.07, 6.45) is 0. The van der Waals surface area contributed by atoms with Crippen LogP contribution in [0.5, 0.6) is 0 Å². The third-order valence-electron chi connectivity index (χ3n) is 13.1. The molecule has 13 aromatic rings. The van der Waals surface area contributed by atoms with Crippen molar-refractivity contribution in [3.63, 3.8) is 0 Å². The Kier molecular flexibility index (Phi) is 9.43. The molecular formula is C63H40N4O. The van der Waals surface area contributed by atoms with Gasteiger partial charge in [-0.3, -0.25) is 0 Å². The minimum Gasteiger partial charge on any atom is -0.456 e. The largest absolute Gasteiger partial charge is 0.456 e. The molecule has 0 unspecified atom stereocenters. The number of aromatic nitrogens is 4. The average molecular weight is 869 g/mol. The Morgan fingerprint density at radius 2 is 0.838 bits per heavy atom. The maximum absolute atomic E-state index is 6.88. The van der Waals surface area contributed by atoms with Crippen molar-refractivity contribution in [2.24, 2.45) is 0 Å². The first-order valence-electron chi connectivity index (χ1n) is 22.9. The van der Waals surface area contributed by atoms with Crippen molar-refractivity contribution >= 4 is 43.7 Å². The summed E-state index contributed by atoms with van der Waals surface area (Å²) in [4.78, 5) is 15.7. The van der Waals surface area contributed by atoms with Gasteiger partial charge in [-0.1, -0.05) is 194 Å². The molecule has 0 aliphatic heterocycles. The number of para-hydroxylation sites is 2. The van der Waals surface area contributed by atoms with Crippen LogP contribution in [0.1, 0.15) is 0 Å². The molecule has 68 heavy (non-hydrogen) atoms. The van der Waals surface area contributed by atoms with E-state index in [2.05, 4.69) is 211 Å². The first-order valence-corrected chi connectivity index (χ1v) is 22.9. The van der Waals surface area contributed by atoms with Crippen LogP contribution in [0.3, 0.4) is 0 Å². The quantitative estimate of drug-likeness (QED) is 0.153. The van der Waals surface area contributed by atoms with Crippen molar-refractivity contribution in [2.45, 2.75) is 0 Å². The zero-order chi connectivity index (χ0) is 45.0. The standard InChI is InChI=1S/C63H40N4O/c1-6-19-41(20-7-1)49-30-18-31-50(42-21-8-2-9-22-42)58(49)46-34-35-48(54(39-46)63-65-61(43-23-10-3-11-24-43)64-62(66-63)44-25-12-4-13-26-44)45-33-36-53-57(40-45)68-56-38-37-52-51-29-16-17-32-55(51)67(60(52)59(53)56)47-27-14-5-15-28-47/h1-40H. The average Bonchev–Trinajstić information content (AvgIpc) is 3.97. The van der Waals surface area contributed by atoms with Crippen molar-refractivity contribution < 1.29 is 4.42 Å². The minimum absolute atomic E-state index is 0.576. The Morgan fingerprint density at radius 1 is 0.309 bits per heavy atom. The zero-order valence-corrected chi connectivity index (χ0v) is 36.8. The summed E-state index contributed by atoms with van der Waals surface area (Å²) in [6, 6.07) is 85.1. The zero-order valence-electron chi connectivity index (χ0n) is 36.8. The Morgan fingerprint density at radius 3 is 1.47 bits per heavy atom. The van der Waals surface area contributed by atoms with Crippen LogP contribution < -0.4 is 0 Å². The monoisotopic (exact) mass is 868 g/mol. The number of hydrogen-bond donors (Lipinski definition) is 0. The van der Waals surface area contributed by atoms with E-state index >= 15 is 0 Å². The van der Waals surface area contributed by atoms with Crippen LogP contribution >= 0.6 is 0 Å². The number of benzene rings is 10. The van der Waals surface area contributed by atoms with Crippen LogP contribution in [0.2, 0.25) is 0 Å². The lowest BCUT2D eigenvalue weighted by molar-refractivity contribution is 0.669. The van der Waals surface area contributed by atoms with Crippen molar-refractivity contribution in [3.05, 3.63) is 243 Å². The van der Waals surface area contributed by atoms with Gasteiger partial charge in [-0.05, 0) is 93.0 Å². The Labute approximate surface area is 392 Å². The van der Waals surface area contributed by atoms with Crippen LogP contribution in [-0.2, 0) is 0 Å². The molecule has 0 radical (unpaired) electrons. The van der Waals surface area contributed by atoms with Crippen LogP contribution in [0, 0.1) is 0 Å². The maximum Gasteiger partial charge on any atom is 0.164 e. The molecule has 0 saturated carbocycles. The molecule has 3 aromatic heterocycles. The summed E-state index contributed by atoms with van der Waals surface area (Å²) in [6.45, 7) is 0. The van der Waals surface area contributed by atoms with E-state index in [9.17, 15) is 0 Å². The summed E-state index contributed by atoms with van der Waals surface area (Å²) in [7, 11) is 0. The van der Waals surface area contributed by atoms with E-state index in [-0.39, 0.29) is 0 Å². The first-order chi connectivity index (χ1) is 33.7. The number of rotatable bonds is 8. The second kappa shape index (κ2) is 16.4. The number of furan rings is 1. The molecule has 318 valence electrons. The van der Waals surface area contributed by atoms with Gasteiger partial charge in [0.2, 0.25) is 0 Å². The highest BCUT2D eigenvalue weighted by molar-refractivity contribution is 6.24. The molecule has 0 fully saturated rings. The van der Waals surface area contributed by atoms with E-state index in [0.717, 1.165) is 99.9 Å². The molecular weight excluding hydrogens is 829 g/mol. The molecule has 5 nitrogen and oxygen atoms in total. The first kappa shape index (κ1) is 39.2. The van der Waals surface area contributed by atoms with E-state index < -0.39 is 0 Å². The van der Waals surface area contributed by atoms with E-state index in [1.807, 2.05) is 36.4 Å². The normalized spacial score (nSPS) is 11.5. The van der Waals surface area contributed by atoms with Gasteiger partial charge in [-0.2, -0.15) is 0 Å². The molecule has 0 spiro atoms. The molecule has 0 bridgehead atoms. The fourth-order valence-corrected chi connectivity index (χ4v) is 9.97. The van der Waals surface area contributed by atoms with Gasteiger partial charge >= 0.3 is 0 Å². The predicted octanol–water partition coefficient (Wildman–Crippen LogP) is 16.5. The van der Waals surface area contributed by atoms with Crippen LogP contribution in [0.4, 0.5) is 0 Å². The van der Waals surface area contributed by atoms with Gasteiger partial charge in [0, 0.05) is 38.5 Å². The molecule has 10 aromatic carbocycles. The molecule has 0 N–H and O–H groups in total. The lowest BCUT2D eigenvalue weighted by Crippen LogP contribution is -2.01. The second-order valence-electron chi connectivity index (χ2n) is 17.1. The van der Waals surface area contributed by atoms with Gasteiger partial charge in [-0.25, -0.2) is 15.0 Å². The van der Waals surface area contributed by atoms with Gasteiger partial charge in [0.1, 0.15) is 11.2 Å². The Bertz CT molecular complexity index is 3880. The number of nitrogens with zero attached hydrogens (tertiary/aromatic N) is 4. The van der Waals surface area contributed by atoms with Gasteiger partial charge in [0.05, 0.1) is 16.4 Å². The summed E-state index contributed by atoms with van der Waals surface area (Å²) < 4.78 is 9.25. The lowest BCUT2D eigenvalue weighted by atomic mass is 9.85. The molecule has 0 aliphatic carbocycles. The fourth-order valence-electron chi connectivity index (χ4n) is 9.97. The van der Waals surface area contributed by atoms with Crippen LogP contribution in [0.25, 0.3) is 128 Å². The van der Waals surface area contributed by atoms with Gasteiger partial charge < -0.3 is 8.98 Å². The Hall–Kier alpha value is -9.19. The highest BCUT2D eigenvalue weighted by Crippen LogP contribution is 2.46. The van der Waals surface area contributed by atoms with Gasteiger partial charge in [-0.15, -0.1) is 0 Å². The van der Waals surface area contributed by atoms with E-state index in [4.69, 9.17) is 19.4 Å². The Balaban J connectivity index is 1.08. The predicted molar refractivity (Wildman–Crippen MR) is 279 cm³/mol. The van der Waals surface area contributed by atoms with Crippen molar-refractivity contribution in [1.82, 2.24) is 19.5 Å². The molecule has 0 aliphatic rings. The third-order valence-corrected chi connectivity index (χ3v) is 13.1. The highest BCUT2D eigenvalue weighted by atomic mass is 16.3. The molecule has 3 heterocycles. The maximum atomic E-state index is 6.88. The van der Waals surface area contributed by atoms with Crippen molar-refractivity contribution in [3.8, 4) is 84.4 Å². The SMILES string of the molecule is c1ccc(-c2nc(-c3ccccc3)nc(-c3cc(-c4c(-c5ccccc5)cccc4-c4ccccc4)ccc3-c3ccc4c(c3)oc3ccc5c6ccccc6n(-c6ccccc6)c5c34)n2)cc1. The van der Waals surface area contributed by atoms with Gasteiger partial charge in [0.15, 0.2) is 17.5 Å². The molecule has 0 amide bonds. The second-order valence-corrected chi connectivity index (χ2v) is 17.1. The summed E-state index contributed by atoms with van der Waals surface area (Å²) >= 11 is 0.